The highest BCUT2D eigenvalue weighted by atomic mass is 127. The molecular weight excluding hydrogens is 351 g/mol. The van der Waals surface area contributed by atoms with Crippen LogP contribution in [0.2, 0.25) is 0 Å². The summed E-state index contributed by atoms with van der Waals surface area (Å²) in [6.07, 6.45) is 0. The van der Waals surface area contributed by atoms with E-state index in [0.717, 1.165) is 4.47 Å². The SMILES string of the molecule is Brc1ccc(I)c(-c2ccccc2)c1. The molecule has 0 amide bonds. The van der Waals surface area contributed by atoms with E-state index < -0.39 is 0 Å². The average molecular weight is 359 g/mol. The van der Waals surface area contributed by atoms with Crippen molar-refractivity contribution in [1.82, 2.24) is 0 Å². The molecule has 0 saturated carbocycles. The van der Waals surface area contributed by atoms with Crippen molar-refractivity contribution >= 4 is 38.5 Å². The Kier molecular flexibility index (Phi) is 3.23. The first-order valence-corrected chi connectivity index (χ1v) is 6.15. The zero-order valence-electron chi connectivity index (χ0n) is 7.37. The molecule has 0 aliphatic heterocycles. The zero-order chi connectivity index (χ0) is 9.97. The van der Waals surface area contributed by atoms with Crippen LogP contribution >= 0.6 is 38.5 Å². The summed E-state index contributed by atoms with van der Waals surface area (Å²) in [6.45, 7) is 0. The topological polar surface area (TPSA) is 0 Å². The second kappa shape index (κ2) is 4.45. The molecule has 2 rings (SSSR count). The molecule has 0 bridgehead atoms. The van der Waals surface area contributed by atoms with Gasteiger partial charge in [0.25, 0.3) is 0 Å². The summed E-state index contributed by atoms with van der Waals surface area (Å²) in [5.41, 5.74) is 2.54. The Morgan fingerprint density at radius 2 is 1.64 bits per heavy atom. The van der Waals surface area contributed by atoms with Crippen LogP contribution in [0, 0.1) is 3.57 Å². The van der Waals surface area contributed by atoms with Crippen molar-refractivity contribution in [1.29, 1.82) is 0 Å². The van der Waals surface area contributed by atoms with Crippen molar-refractivity contribution in [2.45, 2.75) is 0 Å². The first-order valence-electron chi connectivity index (χ1n) is 4.28. The van der Waals surface area contributed by atoms with Crippen molar-refractivity contribution in [3.05, 3.63) is 56.6 Å². The third-order valence-electron chi connectivity index (χ3n) is 2.01. The molecule has 0 unspecified atom stereocenters. The third kappa shape index (κ3) is 2.17. The van der Waals surface area contributed by atoms with E-state index in [-0.39, 0.29) is 0 Å². The molecule has 70 valence electrons. The first kappa shape index (κ1) is 10.2. The molecule has 0 aliphatic rings. The molecule has 0 nitrogen and oxygen atoms in total. The largest absolute Gasteiger partial charge is 0.0622 e. The van der Waals surface area contributed by atoms with Crippen LogP contribution in [-0.2, 0) is 0 Å². The van der Waals surface area contributed by atoms with E-state index in [2.05, 4.69) is 81.0 Å². The quantitative estimate of drug-likeness (QED) is 0.647. The fourth-order valence-corrected chi connectivity index (χ4v) is 2.34. The zero-order valence-corrected chi connectivity index (χ0v) is 11.1. The standard InChI is InChI=1S/C12H8BrI/c13-10-6-7-12(14)11(8-10)9-4-2-1-3-5-9/h1-8H. The van der Waals surface area contributed by atoms with Gasteiger partial charge >= 0.3 is 0 Å². The number of rotatable bonds is 1. The van der Waals surface area contributed by atoms with Crippen LogP contribution in [0.15, 0.2) is 53.0 Å². The van der Waals surface area contributed by atoms with Crippen LogP contribution in [-0.4, -0.2) is 0 Å². The van der Waals surface area contributed by atoms with Gasteiger partial charge in [0.2, 0.25) is 0 Å². The fraction of sp³-hybridized carbons (Fsp3) is 0. The number of halogens is 2. The van der Waals surface area contributed by atoms with Gasteiger partial charge < -0.3 is 0 Å². The highest BCUT2D eigenvalue weighted by molar-refractivity contribution is 14.1. The van der Waals surface area contributed by atoms with Gasteiger partial charge in [-0.1, -0.05) is 46.3 Å². The summed E-state index contributed by atoms with van der Waals surface area (Å²) < 4.78 is 2.40. The van der Waals surface area contributed by atoms with Gasteiger partial charge in [0.1, 0.15) is 0 Å². The maximum atomic E-state index is 3.49. The lowest BCUT2D eigenvalue weighted by Crippen LogP contribution is -1.81. The van der Waals surface area contributed by atoms with Crippen LogP contribution in [0.3, 0.4) is 0 Å². The van der Waals surface area contributed by atoms with Crippen LogP contribution in [0.25, 0.3) is 11.1 Å². The molecule has 0 fully saturated rings. The van der Waals surface area contributed by atoms with E-state index in [1.54, 1.807) is 0 Å². The molecule has 2 aromatic carbocycles. The molecule has 0 N–H and O–H groups in total. The molecule has 2 heteroatoms. The minimum Gasteiger partial charge on any atom is -0.0622 e. The molecule has 0 saturated heterocycles. The Morgan fingerprint density at radius 3 is 2.36 bits per heavy atom. The monoisotopic (exact) mass is 358 g/mol. The van der Waals surface area contributed by atoms with Crippen LogP contribution in [0.4, 0.5) is 0 Å². The number of hydrogen-bond donors (Lipinski definition) is 0. The van der Waals surface area contributed by atoms with E-state index in [0.29, 0.717) is 0 Å². The highest BCUT2D eigenvalue weighted by Crippen LogP contribution is 2.27. The minimum atomic E-state index is 1.12. The Hall–Kier alpha value is -0.350. The second-order valence-corrected chi connectivity index (χ2v) is 5.07. The average Bonchev–Trinajstić information content (AvgIpc) is 2.23. The van der Waals surface area contributed by atoms with E-state index in [1.165, 1.54) is 14.7 Å². The van der Waals surface area contributed by atoms with E-state index in [1.807, 2.05) is 6.07 Å². The normalized spacial score (nSPS) is 10.1. The summed E-state index contributed by atoms with van der Waals surface area (Å²) in [7, 11) is 0. The van der Waals surface area contributed by atoms with Gasteiger partial charge in [-0.25, -0.2) is 0 Å². The molecule has 14 heavy (non-hydrogen) atoms. The third-order valence-corrected chi connectivity index (χ3v) is 3.45. The van der Waals surface area contributed by atoms with Gasteiger partial charge in [-0.05, 0) is 51.9 Å². The predicted octanol–water partition coefficient (Wildman–Crippen LogP) is 4.72. The predicted molar refractivity (Wildman–Crippen MR) is 72.3 cm³/mol. The molecule has 0 radical (unpaired) electrons. The fourth-order valence-electron chi connectivity index (χ4n) is 1.34. The highest BCUT2D eigenvalue weighted by Gasteiger charge is 2.02. The van der Waals surface area contributed by atoms with Crippen LogP contribution in [0.1, 0.15) is 0 Å². The number of benzene rings is 2. The lowest BCUT2D eigenvalue weighted by atomic mass is 10.1. The second-order valence-electron chi connectivity index (χ2n) is 2.99. The Bertz CT molecular complexity index is 437. The first-order chi connectivity index (χ1) is 6.77. The summed E-state index contributed by atoms with van der Waals surface area (Å²) in [5, 5.41) is 0. The minimum absolute atomic E-state index is 1.12. The van der Waals surface area contributed by atoms with Gasteiger partial charge in [-0.3, -0.25) is 0 Å². The van der Waals surface area contributed by atoms with Crippen molar-refractivity contribution in [2.75, 3.05) is 0 Å². The van der Waals surface area contributed by atoms with E-state index >= 15 is 0 Å². The van der Waals surface area contributed by atoms with Crippen molar-refractivity contribution in [3.63, 3.8) is 0 Å². The Balaban J connectivity index is 2.57. The molecule has 0 heterocycles. The van der Waals surface area contributed by atoms with E-state index in [4.69, 9.17) is 0 Å². The van der Waals surface area contributed by atoms with Crippen LogP contribution in [0.5, 0.6) is 0 Å². The molecule has 0 aliphatic carbocycles. The van der Waals surface area contributed by atoms with Crippen molar-refractivity contribution in [3.8, 4) is 11.1 Å². The summed E-state index contributed by atoms with van der Waals surface area (Å²) in [4.78, 5) is 0. The molecule has 0 spiro atoms. The van der Waals surface area contributed by atoms with Crippen molar-refractivity contribution < 1.29 is 0 Å². The van der Waals surface area contributed by atoms with E-state index in [9.17, 15) is 0 Å². The number of hydrogen-bond acceptors (Lipinski definition) is 0. The lowest BCUT2D eigenvalue weighted by Gasteiger charge is -2.04. The smallest absolute Gasteiger partial charge is 0.0209 e. The maximum Gasteiger partial charge on any atom is 0.0209 e. The molecule has 2 aromatic rings. The Morgan fingerprint density at radius 1 is 0.929 bits per heavy atom. The van der Waals surface area contributed by atoms with Crippen molar-refractivity contribution in [2.24, 2.45) is 0 Å². The summed E-state index contributed by atoms with van der Waals surface area (Å²) in [5.74, 6) is 0. The van der Waals surface area contributed by atoms with Gasteiger partial charge in [0, 0.05) is 8.04 Å². The summed E-state index contributed by atoms with van der Waals surface area (Å²) >= 11 is 5.85. The van der Waals surface area contributed by atoms with Gasteiger partial charge in [-0.2, -0.15) is 0 Å². The molecule has 0 aromatic heterocycles. The lowest BCUT2D eigenvalue weighted by molar-refractivity contribution is 1.55. The summed E-state index contributed by atoms with van der Waals surface area (Å²) in [6, 6.07) is 16.7. The van der Waals surface area contributed by atoms with Gasteiger partial charge in [0.05, 0.1) is 0 Å². The molecule has 0 atom stereocenters. The van der Waals surface area contributed by atoms with Gasteiger partial charge in [-0.15, -0.1) is 0 Å². The maximum absolute atomic E-state index is 3.49. The Labute approximate surface area is 106 Å². The van der Waals surface area contributed by atoms with Crippen LogP contribution < -0.4 is 0 Å². The molecular formula is C12H8BrI. The van der Waals surface area contributed by atoms with Gasteiger partial charge in [0.15, 0.2) is 0 Å².